The maximum atomic E-state index is 13.8. The monoisotopic (exact) mass is 531 g/mol. The number of hydrogen-bond acceptors (Lipinski definition) is 6. The van der Waals surface area contributed by atoms with E-state index in [0.717, 1.165) is 27.1 Å². The van der Waals surface area contributed by atoms with Gasteiger partial charge in [-0.3, -0.25) is 19.2 Å². The van der Waals surface area contributed by atoms with Crippen molar-refractivity contribution in [2.75, 3.05) is 23.3 Å². The zero-order chi connectivity index (χ0) is 26.8. The summed E-state index contributed by atoms with van der Waals surface area (Å²) in [4.78, 5) is 23.6. The average molecular weight is 532 g/mol. The molecular formula is C25H26ClN3O6S. The van der Waals surface area contributed by atoms with Gasteiger partial charge < -0.3 is 10.1 Å². The van der Waals surface area contributed by atoms with E-state index in [1.165, 1.54) is 44.4 Å². The number of nitrogens with zero attached hydrogens (tertiary/aromatic N) is 2. The molecule has 0 unspecified atom stereocenters. The van der Waals surface area contributed by atoms with Gasteiger partial charge in [-0.1, -0.05) is 35.4 Å². The minimum atomic E-state index is -4.46. The molecule has 0 radical (unpaired) electrons. The first-order valence-electron chi connectivity index (χ1n) is 10.8. The third-order valence-corrected chi connectivity index (χ3v) is 7.59. The van der Waals surface area contributed by atoms with Gasteiger partial charge in [0.1, 0.15) is 12.3 Å². The molecule has 0 aliphatic heterocycles. The molecule has 36 heavy (non-hydrogen) atoms. The summed E-state index contributed by atoms with van der Waals surface area (Å²) in [7, 11) is -3.11. The first-order chi connectivity index (χ1) is 16.8. The molecule has 0 fully saturated rings. The smallest absolute Gasteiger partial charge is 0.273 e. The Labute approximate surface area is 214 Å². The summed E-state index contributed by atoms with van der Waals surface area (Å²) in [5.41, 5.74) is 3.21. The molecule has 0 saturated heterocycles. The van der Waals surface area contributed by atoms with Crippen LogP contribution in [-0.4, -0.2) is 32.9 Å². The molecule has 0 aliphatic rings. The van der Waals surface area contributed by atoms with Crippen LogP contribution in [0.2, 0.25) is 5.02 Å². The number of benzene rings is 3. The molecule has 0 bridgehead atoms. The number of anilines is 2. The number of nitrogens with one attached hydrogen (secondary N) is 1. The van der Waals surface area contributed by atoms with E-state index in [0.29, 0.717) is 11.3 Å². The maximum absolute atomic E-state index is 13.8. The molecule has 3 rings (SSSR count). The Morgan fingerprint density at radius 2 is 1.67 bits per heavy atom. The normalized spacial score (nSPS) is 11.2. The van der Waals surface area contributed by atoms with Crippen molar-refractivity contribution in [1.82, 2.24) is 0 Å². The third kappa shape index (κ3) is 5.60. The van der Waals surface area contributed by atoms with Crippen molar-refractivity contribution in [2.45, 2.75) is 32.6 Å². The predicted molar refractivity (Wildman–Crippen MR) is 140 cm³/mol. The van der Waals surface area contributed by atoms with E-state index in [1.54, 1.807) is 0 Å². The van der Waals surface area contributed by atoms with Gasteiger partial charge in [-0.25, -0.2) is 8.42 Å². The second-order valence-corrected chi connectivity index (χ2v) is 10.7. The van der Waals surface area contributed by atoms with Crippen molar-refractivity contribution in [2.24, 2.45) is 0 Å². The van der Waals surface area contributed by atoms with E-state index in [-0.39, 0.29) is 27.0 Å². The van der Waals surface area contributed by atoms with Gasteiger partial charge in [0.25, 0.3) is 15.7 Å². The molecule has 9 nitrogen and oxygen atoms in total. The number of carbonyl (C=O) groups is 1. The maximum Gasteiger partial charge on any atom is 0.273 e. The highest BCUT2D eigenvalue weighted by Crippen LogP contribution is 2.36. The van der Waals surface area contributed by atoms with Crippen LogP contribution in [0.1, 0.15) is 22.3 Å². The van der Waals surface area contributed by atoms with Crippen molar-refractivity contribution in [3.8, 4) is 5.75 Å². The molecule has 0 aromatic heterocycles. The highest BCUT2D eigenvalue weighted by molar-refractivity contribution is 7.92. The summed E-state index contributed by atoms with van der Waals surface area (Å²) < 4.78 is 33.8. The standard InChI is InChI=1S/C25H26ClN3O6S/c1-15-10-17(3)25(18(4)11-15)27-24(30)14-28(22-12-19(26)7-9-23(22)35-5)36(33,34)20-8-6-16(2)21(13-20)29(31)32/h6-13H,14H2,1-5H3,(H,27,30). The summed E-state index contributed by atoms with van der Waals surface area (Å²) >= 11 is 6.16. The van der Waals surface area contributed by atoms with Gasteiger partial charge in [0.2, 0.25) is 5.91 Å². The Morgan fingerprint density at radius 3 is 2.25 bits per heavy atom. The number of carbonyl (C=O) groups excluding carboxylic acids is 1. The van der Waals surface area contributed by atoms with Gasteiger partial charge in [0.15, 0.2) is 0 Å². The van der Waals surface area contributed by atoms with Crippen LogP contribution in [0.5, 0.6) is 5.75 Å². The van der Waals surface area contributed by atoms with Crippen LogP contribution in [0.25, 0.3) is 0 Å². The van der Waals surface area contributed by atoms with Crippen molar-refractivity contribution in [1.29, 1.82) is 0 Å². The number of nitro groups is 1. The van der Waals surface area contributed by atoms with E-state index in [2.05, 4.69) is 5.32 Å². The number of halogens is 1. The van der Waals surface area contributed by atoms with Crippen LogP contribution in [0.15, 0.2) is 53.4 Å². The van der Waals surface area contributed by atoms with Gasteiger partial charge in [0.05, 0.1) is 22.6 Å². The molecule has 11 heteroatoms. The molecule has 190 valence electrons. The Morgan fingerprint density at radius 1 is 1.03 bits per heavy atom. The molecule has 0 atom stereocenters. The van der Waals surface area contributed by atoms with Crippen LogP contribution in [0.4, 0.5) is 17.1 Å². The number of nitro benzene ring substituents is 1. The van der Waals surface area contributed by atoms with E-state index in [1.807, 2.05) is 32.9 Å². The lowest BCUT2D eigenvalue weighted by Crippen LogP contribution is -2.38. The zero-order valence-electron chi connectivity index (χ0n) is 20.5. The number of sulfonamides is 1. The Bertz CT molecular complexity index is 1430. The molecule has 0 spiro atoms. The lowest BCUT2D eigenvalue weighted by Gasteiger charge is -2.26. The molecule has 0 saturated carbocycles. The fraction of sp³-hybridized carbons (Fsp3) is 0.240. The summed E-state index contributed by atoms with van der Waals surface area (Å²) in [5.74, 6) is -0.461. The van der Waals surface area contributed by atoms with E-state index in [9.17, 15) is 23.3 Å². The van der Waals surface area contributed by atoms with E-state index >= 15 is 0 Å². The number of aryl methyl sites for hydroxylation is 4. The van der Waals surface area contributed by atoms with Gasteiger partial charge >= 0.3 is 0 Å². The minimum absolute atomic E-state index is 0.0146. The summed E-state index contributed by atoms with van der Waals surface area (Å²) in [6, 6.07) is 11.7. The zero-order valence-corrected chi connectivity index (χ0v) is 22.0. The number of methoxy groups -OCH3 is 1. The van der Waals surface area contributed by atoms with Crippen LogP contribution >= 0.6 is 11.6 Å². The quantitative estimate of drug-likeness (QED) is 0.310. The largest absolute Gasteiger partial charge is 0.495 e. The highest BCUT2D eigenvalue weighted by atomic mass is 35.5. The van der Waals surface area contributed by atoms with Crippen LogP contribution < -0.4 is 14.4 Å². The second kappa shape index (κ2) is 10.5. The van der Waals surface area contributed by atoms with Crippen molar-refractivity contribution >= 4 is 44.6 Å². The van der Waals surface area contributed by atoms with E-state index in [4.69, 9.17) is 16.3 Å². The van der Waals surface area contributed by atoms with Gasteiger partial charge in [-0.15, -0.1) is 0 Å². The predicted octanol–water partition coefficient (Wildman–Crippen LogP) is 5.32. The van der Waals surface area contributed by atoms with Crippen LogP contribution in [0, 0.1) is 37.8 Å². The fourth-order valence-electron chi connectivity index (χ4n) is 3.92. The van der Waals surface area contributed by atoms with Gasteiger partial charge in [-0.2, -0.15) is 0 Å². The van der Waals surface area contributed by atoms with Crippen molar-refractivity contribution < 1.29 is 22.9 Å². The lowest BCUT2D eigenvalue weighted by atomic mass is 10.1. The van der Waals surface area contributed by atoms with Crippen LogP contribution in [0.3, 0.4) is 0 Å². The Balaban J connectivity index is 2.12. The highest BCUT2D eigenvalue weighted by Gasteiger charge is 2.31. The molecule has 1 N–H and O–H groups in total. The lowest BCUT2D eigenvalue weighted by molar-refractivity contribution is -0.385. The molecule has 0 aliphatic carbocycles. The summed E-state index contributed by atoms with van der Waals surface area (Å²) in [5, 5.41) is 14.5. The molecular weight excluding hydrogens is 506 g/mol. The molecule has 0 heterocycles. The van der Waals surface area contributed by atoms with Gasteiger partial charge in [0, 0.05) is 22.3 Å². The van der Waals surface area contributed by atoms with Gasteiger partial charge in [-0.05, 0) is 63.1 Å². The first-order valence-corrected chi connectivity index (χ1v) is 12.7. The van der Waals surface area contributed by atoms with Crippen molar-refractivity contribution in [3.05, 3.63) is 85.9 Å². The van der Waals surface area contributed by atoms with Crippen molar-refractivity contribution in [3.63, 3.8) is 0 Å². The number of amides is 1. The topological polar surface area (TPSA) is 119 Å². The third-order valence-electron chi connectivity index (χ3n) is 5.60. The molecule has 3 aromatic carbocycles. The Hall–Kier alpha value is -3.63. The minimum Gasteiger partial charge on any atom is -0.495 e. The Kier molecular flexibility index (Phi) is 7.90. The summed E-state index contributed by atoms with van der Waals surface area (Å²) in [6.45, 7) is 6.50. The number of rotatable bonds is 8. The molecule has 1 amide bonds. The number of hydrogen-bond donors (Lipinski definition) is 1. The average Bonchev–Trinajstić information content (AvgIpc) is 2.79. The van der Waals surface area contributed by atoms with E-state index < -0.39 is 27.4 Å². The fourth-order valence-corrected chi connectivity index (χ4v) is 5.53. The number of ether oxygens (including phenoxy) is 1. The second-order valence-electron chi connectivity index (χ2n) is 8.36. The SMILES string of the molecule is COc1ccc(Cl)cc1N(CC(=O)Nc1c(C)cc(C)cc1C)S(=O)(=O)c1ccc(C)c([N+](=O)[O-])c1. The molecule has 3 aromatic rings. The van der Waals surface area contributed by atoms with Crippen LogP contribution in [-0.2, 0) is 14.8 Å². The first kappa shape index (κ1) is 27.0. The summed E-state index contributed by atoms with van der Waals surface area (Å²) in [6.07, 6.45) is 0.